The molecule has 0 bridgehead atoms. The van der Waals surface area contributed by atoms with Gasteiger partial charge in [-0.15, -0.1) is 0 Å². The molecule has 0 unspecified atom stereocenters. The zero-order chi connectivity index (χ0) is 17.6. The third-order valence-corrected chi connectivity index (χ3v) is 3.86. The van der Waals surface area contributed by atoms with Gasteiger partial charge in [-0.05, 0) is 43.2 Å². The molecule has 0 saturated heterocycles. The van der Waals surface area contributed by atoms with Crippen LogP contribution in [0, 0.1) is 6.92 Å². The summed E-state index contributed by atoms with van der Waals surface area (Å²) < 4.78 is 5.24. The summed E-state index contributed by atoms with van der Waals surface area (Å²) in [4.78, 5) is 12.8. The highest BCUT2D eigenvalue weighted by atomic mass is 16.5. The van der Waals surface area contributed by atoms with Crippen molar-refractivity contribution in [1.82, 2.24) is 20.6 Å². The Labute approximate surface area is 145 Å². The van der Waals surface area contributed by atoms with Gasteiger partial charge in [-0.1, -0.05) is 29.8 Å². The van der Waals surface area contributed by atoms with E-state index in [4.69, 9.17) is 4.74 Å². The van der Waals surface area contributed by atoms with Crippen molar-refractivity contribution in [3.8, 4) is 5.75 Å². The van der Waals surface area contributed by atoms with Crippen molar-refractivity contribution < 1.29 is 9.53 Å². The van der Waals surface area contributed by atoms with Crippen molar-refractivity contribution in [2.75, 3.05) is 12.4 Å². The molecule has 0 fully saturated rings. The first-order valence-corrected chi connectivity index (χ1v) is 7.85. The van der Waals surface area contributed by atoms with E-state index in [1.54, 1.807) is 7.11 Å². The van der Waals surface area contributed by atoms with Gasteiger partial charge in [0.15, 0.2) is 0 Å². The molecule has 0 spiro atoms. The number of ether oxygens (including phenoxy) is 1. The predicted molar refractivity (Wildman–Crippen MR) is 92.4 cm³/mol. The summed E-state index contributed by atoms with van der Waals surface area (Å²) in [6, 6.07) is 15.1. The Morgan fingerprint density at radius 1 is 1.24 bits per heavy atom. The van der Waals surface area contributed by atoms with Gasteiger partial charge >= 0.3 is 0 Å². The van der Waals surface area contributed by atoms with E-state index < -0.39 is 5.92 Å². The summed E-state index contributed by atoms with van der Waals surface area (Å²) in [5, 5.41) is 17.6. The zero-order valence-electron chi connectivity index (χ0n) is 14.0. The number of amides is 1. The second-order valence-electron chi connectivity index (χ2n) is 5.70. The largest absolute Gasteiger partial charge is 0.497 e. The predicted octanol–water partition coefficient (Wildman–Crippen LogP) is 2.11. The topological polar surface area (TPSA) is 91.1 Å². The summed E-state index contributed by atoms with van der Waals surface area (Å²) in [5.41, 5.74) is 2.78. The number of hydrogen-bond donors (Lipinski definition) is 1. The molecule has 2 aromatic carbocycles. The van der Waals surface area contributed by atoms with Crippen molar-refractivity contribution >= 4 is 11.6 Å². The molecule has 1 N–H and O–H groups in total. The van der Waals surface area contributed by atoms with Crippen molar-refractivity contribution in [1.29, 1.82) is 0 Å². The van der Waals surface area contributed by atoms with E-state index in [1.165, 1.54) is 0 Å². The monoisotopic (exact) mass is 336 g/mol. The molecule has 0 aliphatic carbocycles. The van der Waals surface area contributed by atoms with Crippen LogP contribution in [0.5, 0.6) is 5.75 Å². The van der Waals surface area contributed by atoms with Crippen molar-refractivity contribution in [2.45, 2.75) is 19.3 Å². The third kappa shape index (κ3) is 4.20. The number of rotatable bonds is 6. The molecule has 7 nitrogen and oxygen atoms in total. The quantitative estimate of drug-likeness (QED) is 0.741. The minimum absolute atomic E-state index is 0.207. The average molecular weight is 336 g/mol. The molecule has 3 aromatic rings. The van der Waals surface area contributed by atoms with Gasteiger partial charge in [-0.3, -0.25) is 15.1 Å². The summed E-state index contributed by atoms with van der Waals surface area (Å²) in [5.74, 6) is 0.229. The Balaban J connectivity index is 1.81. The van der Waals surface area contributed by atoms with Gasteiger partial charge in [-0.2, -0.15) is 5.21 Å². The number of benzene rings is 2. The number of tetrazole rings is 1. The van der Waals surface area contributed by atoms with E-state index in [1.807, 2.05) is 55.5 Å². The summed E-state index contributed by atoms with van der Waals surface area (Å²) in [7, 11) is 1.61. The third-order valence-electron chi connectivity index (χ3n) is 3.86. The second-order valence-corrected chi connectivity index (χ2v) is 5.70. The highest BCUT2D eigenvalue weighted by molar-refractivity contribution is 5.95. The minimum atomic E-state index is -0.594. The maximum absolute atomic E-state index is 12.8. The molecule has 7 heteroatoms. The van der Waals surface area contributed by atoms with Crippen molar-refractivity contribution in [3.63, 3.8) is 0 Å². The lowest BCUT2D eigenvalue weighted by Gasteiger charge is -2.17. The first kappa shape index (κ1) is 16.6. The molecular weight excluding hydrogens is 318 g/mol. The highest BCUT2D eigenvalue weighted by Gasteiger charge is 2.21. The van der Waals surface area contributed by atoms with Crippen LogP contribution in [0.1, 0.15) is 22.9 Å². The Kier molecular flexibility index (Phi) is 5.03. The molecular formula is C18H18N5O2-. The lowest BCUT2D eigenvalue weighted by atomic mass is 9.97. The maximum atomic E-state index is 12.8. The Morgan fingerprint density at radius 3 is 2.72 bits per heavy atom. The first-order chi connectivity index (χ1) is 12.2. The smallest absolute Gasteiger partial charge is 0.232 e. The molecule has 0 saturated carbocycles. The lowest BCUT2D eigenvalue weighted by Crippen LogP contribution is -2.24. The van der Waals surface area contributed by atoms with Crippen LogP contribution in [0.4, 0.5) is 5.69 Å². The molecule has 0 aliphatic heterocycles. The number of carbonyl (C=O) groups excluding carboxylic acids is 1. The normalized spacial score (nSPS) is 11.8. The van der Waals surface area contributed by atoms with E-state index in [2.05, 4.69) is 25.9 Å². The molecule has 128 valence electrons. The van der Waals surface area contributed by atoms with E-state index in [-0.39, 0.29) is 5.91 Å². The lowest BCUT2D eigenvalue weighted by molar-refractivity contribution is -0.117. The van der Waals surface area contributed by atoms with Crippen LogP contribution in [0.2, 0.25) is 0 Å². The van der Waals surface area contributed by atoms with Crippen LogP contribution in [-0.4, -0.2) is 28.5 Å². The number of aryl methyl sites for hydroxylation is 1. The average Bonchev–Trinajstić information content (AvgIpc) is 3.16. The van der Waals surface area contributed by atoms with Gasteiger partial charge in [0.25, 0.3) is 0 Å². The molecule has 25 heavy (non-hydrogen) atoms. The minimum Gasteiger partial charge on any atom is -0.497 e. The van der Waals surface area contributed by atoms with Crippen LogP contribution >= 0.6 is 0 Å². The SMILES string of the molecule is COc1cccc(C[C@@H](C(=O)Nc2ccc(C)cc2)c2nnn[n-]2)c1. The number of nitrogens with one attached hydrogen (secondary N) is 1. The Hall–Kier alpha value is -3.22. The summed E-state index contributed by atoms with van der Waals surface area (Å²) in [6.45, 7) is 1.99. The Morgan fingerprint density at radius 2 is 2.04 bits per heavy atom. The van der Waals surface area contributed by atoms with Gasteiger partial charge in [0.05, 0.1) is 13.0 Å². The van der Waals surface area contributed by atoms with Crippen molar-refractivity contribution in [2.24, 2.45) is 0 Å². The number of nitrogens with zero attached hydrogens (tertiary/aromatic N) is 4. The first-order valence-electron chi connectivity index (χ1n) is 7.85. The van der Waals surface area contributed by atoms with Crippen LogP contribution in [0.25, 0.3) is 0 Å². The summed E-state index contributed by atoms with van der Waals surface area (Å²) >= 11 is 0. The van der Waals surface area contributed by atoms with Gasteiger partial charge in [-0.25, -0.2) is 0 Å². The molecule has 0 aliphatic rings. The van der Waals surface area contributed by atoms with Crippen molar-refractivity contribution in [3.05, 3.63) is 65.5 Å². The fourth-order valence-electron chi connectivity index (χ4n) is 2.49. The number of anilines is 1. The molecule has 1 amide bonds. The fourth-order valence-corrected chi connectivity index (χ4v) is 2.49. The zero-order valence-corrected chi connectivity index (χ0v) is 14.0. The van der Waals surface area contributed by atoms with Gasteiger partial charge < -0.3 is 15.2 Å². The van der Waals surface area contributed by atoms with E-state index >= 15 is 0 Å². The molecule has 1 heterocycles. The Bertz CT molecular complexity index is 831. The second kappa shape index (κ2) is 7.57. The molecule has 0 radical (unpaired) electrons. The van der Waals surface area contributed by atoms with E-state index in [9.17, 15) is 4.79 Å². The van der Waals surface area contributed by atoms with Gasteiger partial charge in [0, 0.05) is 11.5 Å². The fraction of sp³-hybridized carbons (Fsp3) is 0.222. The molecule has 1 atom stereocenters. The van der Waals surface area contributed by atoms with Crippen LogP contribution < -0.4 is 15.2 Å². The maximum Gasteiger partial charge on any atom is 0.232 e. The van der Waals surface area contributed by atoms with E-state index in [0.29, 0.717) is 12.2 Å². The van der Waals surface area contributed by atoms with Crippen LogP contribution in [0.15, 0.2) is 48.5 Å². The number of hydrogen-bond acceptors (Lipinski definition) is 5. The summed E-state index contributed by atoms with van der Waals surface area (Å²) in [6.07, 6.45) is 0.419. The van der Waals surface area contributed by atoms with Crippen LogP contribution in [-0.2, 0) is 11.2 Å². The highest BCUT2D eigenvalue weighted by Crippen LogP contribution is 2.22. The number of carbonyl (C=O) groups is 1. The molecule has 1 aromatic heterocycles. The van der Waals surface area contributed by atoms with E-state index in [0.717, 1.165) is 22.6 Å². The number of aromatic nitrogens is 4. The van der Waals surface area contributed by atoms with Gasteiger partial charge in [0.2, 0.25) is 5.91 Å². The van der Waals surface area contributed by atoms with Gasteiger partial charge in [0.1, 0.15) is 5.75 Å². The number of methoxy groups -OCH3 is 1. The molecule has 3 rings (SSSR count). The standard InChI is InChI=1S/C18H19N5O2/c1-12-6-8-14(9-7-12)19-18(24)16(17-20-22-23-21-17)11-13-4-3-5-15(10-13)25-2/h3-10,16H,11H2,1-2H3,(H2,19,20,21,22,23,24)/p-1/t16-/m1/s1. The van der Waals surface area contributed by atoms with Crippen LogP contribution in [0.3, 0.4) is 0 Å².